The van der Waals surface area contributed by atoms with Gasteiger partial charge in [0.25, 0.3) is 0 Å². The smallest absolute Gasteiger partial charge is 0 e. The van der Waals surface area contributed by atoms with Crippen molar-refractivity contribution in [1.82, 2.24) is 9.97 Å². The van der Waals surface area contributed by atoms with Gasteiger partial charge in [-0.05, 0) is 6.33 Å². The first-order valence-electron chi connectivity index (χ1n) is 1.35. The summed E-state index contributed by atoms with van der Waals surface area (Å²) >= 11 is 0. The molecule has 0 amide bonds. The van der Waals surface area contributed by atoms with Gasteiger partial charge < -0.3 is 9.97 Å². The molecule has 0 saturated heterocycles. The second-order valence-electron chi connectivity index (χ2n) is 0.701. The number of H-pyrrole nitrogens is 1. The Kier molecular flexibility index (Phi) is 2.81. The summed E-state index contributed by atoms with van der Waals surface area (Å²) in [6.07, 6.45) is 5.83. The van der Waals surface area contributed by atoms with Gasteiger partial charge >= 0.3 is 0 Å². The maximum absolute atomic E-state index is 3.54. The molecule has 6 heavy (non-hydrogen) atoms. The maximum Gasteiger partial charge on any atom is 0 e. The van der Waals surface area contributed by atoms with E-state index >= 15 is 0 Å². The molecular formula is C3H3MnN2-. The zero-order valence-corrected chi connectivity index (χ0v) is 4.16. The molecule has 0 aromatic carbocycles. The second kappa shape index (κ2) is 2.94. The summed E-state index contributed by atoms with van der Waals surface area (Å²) in [5.41, 5.74) is 0. The molecule has 0 bridgehead atoms. The van der Waals surface area contributed by atoms with Crippen LogP contribution in [-0.4, -0.2) is 9.97 Å². The standard InChI is InChI=1S/C3H3N2.Mn/c1-2-5-3-4-1;/h1-2H,(H,4,5);/q-1;. The first-order valence-corrected chi connectivity index (χ1v) is 1.35. The van der Waals surface area contributed by atoms with Crippen LogP contribution in [0.4, 0.5) is 0 Å². The van der Waals surface area contributed by atoms with Gasteiger partial charge in [0, 0.05) is 17.1 Å². The van der Waals surface area contributed by atoms with E-state index in [-0.39, 0.29) is 17.1 Å². The zero-order valence-electron chi connectivity index (χ0n) is 2.98. The number of hydrogen-bond acceptors (Lipinski definition) is 1. The summed E-state index contributed by atoms with van der Waals surface area (Å²) in [7, 11) is 0. The molecule has 0 unspecified atom stereocenters. The molecule has 2 nitrogen and oxygen atoms in total. The molecule has 1 rings (SSSR count). The number of hydrogen-bond donors (Lipinski definition) is 1. The van der Waals surface area contributed by atoms with Crippen LogP contribution in [0.2, 0.25) is 0 Å². The number of rotatable bonds is 0. The molecule has 1 heterocycles. The Hall–Kier alpha value is -0.271. The number of nitrogens with one attached hydrogen (secondary N) is 1. The van der Waals surface area contributed by atoms with Gasteiger partial charge in [-0.15, -0.1) is 12.4 Å². The van der Waals surface area contributed by atoms with Crippen molar-refractivity contribution in [1.29, 1.82) is 0 Å². The van der Waals surface area contributed by atoms with Crippen molar-refractivity contribution in [2.24, 2.45) is 0 Å². The van der Waals surface area contributed by atoms with Crippen LogP contribution < -0.4 is 0 Å². The summed E-state index contributed by atoms with van der Waals surface area (Å²) in [5.74, 6) is 0. The Morgan fingerprint density at radius 2 is 2.50 bits per heavy atom. The van der Waals surface area contributed by atoms with Gasteiger partial charge in [-0.1, -0.05) is 0 Å². The minimum atomic E-state index is 0. The van der Waals surface area contributed by atoms with Crippen LogP contribution in [0.25, 0.3) is 0 Å². The molecule has 1 radical (unpaired) electrons. The van der Waals surface area contributed by atoms with Crippen LogP contribution in [0, 0.1) is 6.33 Å². The fraction of sp³-hybridized carbons (Fsp3) is 0. The quantitative estimate of drug-likeness (QED) is 0.386. The Bertz CT molecular complexity index is 65.3. The molecule has 0 aliphatic heterocycles. The Morgan fingerprint density at radius 1 is 1.67 bits per heavy atom. The van der Waals surface area contributed by atoms with Crippen molar-refractivity contribution in [3.8, 4) is 0 Å². The van der Waals surface area contributed by atoms with Crippen LogP contribution in [-0.2, 0) is 17.1 Å². The largest absolute Gasteiger partial charge is 0.467 e. The maximum atomic E-state index is 3.54. The molecule has 1 aromatic rings. The summed E-state index contributed by atoms with van der Waals surface area (Å²) in [4.78, 5) is 6.17. The van der Waals surface area contributed by atoms with Gasteiger partial charge in [0.05, 0.1) is 0 Å². The topological polar surface area (TPSA) is 28.7 Å². The SMILES string of the molecule is [Mn].[c-]1ncc[nH]1. The molecule has 0 spiro atoms. The normalized spacial score (nSPS) is 6.67. The minimum Gasteiger partial charge on any atom is -0.467 e. The van der Waals surface area contributed by atoms with Crippen molar-refractivity contribution in [3.63, 3.8) is 0 Å². The van der Waals surface area contributed by atoms with E-state index in [2.05, 4.69) is 16.3 Å². The molecule has 0 aliphatic rings. The first kappa shape index (κ1) is 5.73. The fourth-order valence-corrected chi connectivity index (χ4v) is 0.186. The molecule has 33 valence electrons. The van der Waals surface area contributed by atoms with E-state index in [0.29, 0.717) is 0 Å². The molecule has 1 aromatic heterocycles. The molecule has 3 heteroatoms. The van der Waals surface area contributed by atoms with Gasteiger partial charge in [0.15, 0.2) is 0 Å². The number of aromatic amines is 1. The van der Waals surface area contributed by atoms with Crippen LogP contribution in [0.15, 0.2) is 12.4 Å². The van der Waals surface area contributed by atoms with Crippen LogP contribution >= 0.6 is 0 Å². The molecule has 0 atom stereocenters. The molecule has 1 N–H and O–H groups in total. The van der Waals surface area contributed by atoms with Crippen molar-refractivity contribution < 1.29 is 17.1 Å². The van der Waals surface area contributed by atoms with E-state index < -0.39 is 0 Å². The van der Waals surface area contributed by atoms with E-state index in [1.807, 2.05) is 0 Å². The third-order valence-electron chi connectivity index (χ3n) is 0.362. The molecule has 0 saturated carbocycles. The van der Waals surface area contributed by atoms with E-state index in [4.69, 9.17) is 0 Å². The number of imidazole rings is 1. The molecule has 0 aliphatic carbocycles. The summed E-state index contributed by atoms with van der Waals surface area (Å²) < 4.78 is 0. The third-order valence-corrected chi connectivity index (χ3v) is 0.362. The van der Waals surface area contributed by atoms with E-state index in [1.165, 1.54) is 0 Å². The molecular weight excluding hydrogens is 119 g/mol. The van der Waals surface area contributed by atoms with Gasteiger partial charge in [-0.3, -0.25) is 0 Å². The minimum absolute atomic E-state index is 0. The molecule has 0 fully saturated rings. The van der Waals surface area contributed by atoms with E-state index in [1.54, 1.807) is 12.4 Å². The van der Waals surface area contributed by atoms with Crippen molar-refractivity contribution in [2.75, 3.05) is 0 Å². The summed E-state index contributed by atoms with van der Waals surface area (Å²) in [6, 6.07) is 0. The van der Waals surface area contributed by atoms with E-state index in [9.17, 15) is 0 Å². The zero-order chi connectivity index (χ0) is 3.54. The predicted molar refractivity (Wildman–Crippen MR) is 17.4 cm³/mol. The van der Waals surface area contributed by atoms with Crippen LogP contribution in [0.5, 0.6) is 0 Å². The summed E-state index contributed by atoms with van der Waals surface area (Å²) in [6.45, 7) is 0. The van der Waals surface area contributed by atoms with Gasteiger partial charge in [0.1, 0.15) is 0 Å². The monoisotopic (exact) mass is 122 g/mol. The van der Waals surface area contributed by atoms with Crippen LogP contribution in [0.1, 0.15) is 0 Å². The first-order chi connectivity index (χ1) is 2.50. The Labute approximate surface area is 46.5 Å². The average Bonchev–Trinajstić information content (AvgIpc) is 1.76. The summed E-state index contributed by atoms with van der Waals surface area (Å²) in [5, 5.41) is 0. The van der Waals surface area contributed by atoms with Crippen LogP contribution in [0.3, 0.4) is 0 Å². The number of aromatic nitrogens is 2. The van der Waals surface area contributed by atoms with Crippen molar-refractivity contribution >= 4 is 0 Å². The third kappa shape index (κ3) is 1.24. The van der Waals surface area contributed by atoms with Gasteiger partial charge in [-0.2, -0.15) is 0 Å². The Balaban J connectivity index is 0.000000250. The Morgan fingerprint density at radius 3 is 2.67 bits per heavy atom. The average molecular weight is 122 g/mol. The second-order valence-corrected chi connectivity index (χ2v) is 0.701. The fourth-order valence-electron chi connectivity index (χ4n) is 0.186. The predicted octanol–water partition coefficient (Wildman–Crippen LogP) is 0.207. The van der Waals surface area contributed by atoms with E-state index in [0.717, 1.165) is 0 Å². The number of nitrogens with zero attached hydrogens (tertiary/aromatic N) is 1. The van der Waals surface area contributed by atoms with Gasteiger partial charge in [0.2, 0.25) is 0 Å². The van der Waals surface area contributed by atoms with Gasteiger partial charge in [-0.25, -0.2) is 0 Å². The van der Waals surface area contributed by atoms with Crippen molar-refractivity contribution in [3.05, 3.63) is 18.7 Å². The van der Waals surface area contributed by atoms with Crippen molar-refractivity contribution in [2.45, 2.75) is 0 Å².